The molecule has 1 N–H and O–H groups in total. The number of nitrogens with zero attached hydrogens (tertiary/aromatic N) is 2. The number of carbonyl (C=O) groups excluding carboxylic acids is 1. The van der Waals surface area contributed by atoms with Crippen LogP contribution in [0, 0.1) is 12.8 Å². The normalized spacial score (nSPS) is 17.3. The van der Waals surface area contributed by atoms with Crippen molar-refractivity contribution in [2.45, 2.75) is 24.7 Å². The van der Waals surface area contributed by atoms with Gasteiger partial charge in [0.15, 0.2) is 10.7 Å². The van der Waals surface area contributed by atoms with Gasteiger partial charge in [-0.2, -0.15) is 4.31 Å². The Kier molecular flexibility index (Phi) is 6.96. The highest BCUT2D eigenvalue weighted by Crippen LogP contribution is 2.30. The Bertz CT molecular complexity index is 1230. The lowest BCUT2D eigenvalue weighted by atomic mass is 9.99. The van der Waals surface area contributed by atoms with Gasteiger partial charge in [0.05, 0.1) is 13.0 Å². The zero-order chi connectivity index (χ0) is 23.4. The van der Waals surface area contributed by atoms with Crippen molar-refractivity contribution in [3.8, 4) is 5.75 Å². The molecule has 0 bridgehead atoms. The first kappa shape index (κ1) is 23.2. The number of rotatable bonds is 7. The van der Waals surface area contributed by atoms with Gasteiger partial charge in [-0.1, -0.05) is 11.2 Å². The van der Waals surface area contributed by atoms with Gasteiger partial charge >= 0.3 is 0 Å². The van der Waals surface area contributed by atoms with Crippen LogP contribution in [0.3, 0.4) is 0 Å². The molecule has 10 heteroatoms. The van der Waals surface area contributed by atoms with Gasteiger partial charge in [0.1, 0.15) is 11.4 Å². The van der Waals surface area contributed by atoms with Crippen LogP contribution >= 0.6 is 11.3 Å². The summed E-state index contributed by atoms with van der Waals surface area (Å²) in [7, 11) is -2.31. The number of amides is 1. The SMILES string of the molecule is COc1ccc(NC(=O)C2CCCN(S(=O)(=O)c3c(C)noc3/C=C/c3cccs3)C2)cc1. The summed E-state index contributed by atoms with van der Waals surface area (Å²) in [6.07, 6.45) is 4.62. The fourth-order valence-electron chi connectivity index (χ4n) is 3.77. The number of sulfonamides is 1. The smallest absolute Gasteiger partial charge is 0.248 e. The topological polar surface area (TPSA) is 102 Å². The second-order valence-electron chi connectivity index (χ2n) is 7.73. The zero-order valence-electron chi connectivity index (χ0n) is 18.4. The second kappa shape index (κ2) is 9.90. The number of benzene rings is 1. The number of aryl methyl sites for hydroxylation is 1. The van der Waals surface area contributed by atoms with Gasteiger partial charge in [-0.05, 0) is 67.6 Å². The second-order valence-corrected chi connectivity index (χ2v) is 10.6. The van der Waals surface area contributed by atoms with Crippen molar-refractivity contribution in [3.05, 3.63) is 58.1 Å². The Hall–Kier alpha value is -2.95. The van der Waals surface area contributed by atoms with Crippen molar-refractivity contribution in [1.82, 2.24) is 9.46 Å². The fourth-order valence-corrected chi connectivity index (χ4v) is 6.16. The largest absolute Gasteiger partial charge is 0.497 e. The first-order valence-electron chi connectivity index (χ1n) is 10.5. The van der Waals surface area contributed by atoms with E-state index in [4.69, 9.17) is 9.26 Å². The lowest BCUT2D eigenvalue weighted by molar-refractivity contribution is -0.120. The molecule has 1 saturated heterocycles. The lowest BCUT2D eigenvalue weighted by Gasteiger charge is -2.31. The third-order valence-corrected chi connectivity index (χ3v) is 8.35. The Balaban J connectivity index is 1.50. The standard InChI is InChI=1S/C23H25N3O5S2/c1-16-22(21(31-25-16)12-11-20-6-4-14-32-20)33(28,29)26-13-3-5-17(15-26)23(27)24-18-7-9-19(30-2)10-8-18/h4,6-12,14,17H,3,5,13,15H2,1-2H3,(H,24,27)/b12-11+. The Morgan fingerprint density at radius 1 is 1.27 bits per heavy atom. The van der Waals surface area contributed by atoms with Crippen LogP contribution in [0.5, 0.6) is 5.75 Å². The Labute approximate surface area is 196 Å². The molecular formula is C23H25N3O5S2. The van der Waals surface area contributed by atoms with Crippen molar-refractivity contribution in [3.63, 3.8) is 0 Å². The molecule has 1 aliphatic heterocycles. The summed E-state index contributed by atoms with van der Waals surface area (Å²) in [6.45, 7) is 2.05. The van der Waals surface area contributed by atoms with E-state index in [0.29, 0.717) is 36.5 Å². The Morgan fingerprint density at radius 2 is 2.06 bits per heavy atom. The number of carbonyl (C=O) groups is 1. The molecule has 1 atom stereocenters. The van der Waals surface area contributed by atoms with Crippen molar-refractivity contribution >= 4 is 45.1 Å². The molecule has 2 aromatic heterocycles. The number of thiophene rings is 1. The van der Waals surface area contributed by atoms with E-state index >= 15 is 0 Å². The van der Waals surface area contributed by atoms with Crippen molar-refractivity contribution in [1.29, 1.82) is 0 Å². The highest BCUT2D eigenvalue weighted by Gasteiger charge is 2.37. The van der Waals surface area contributed by atoms with Gasteiger partial charge < -0.3 is 14.6 Å². The number of aromatic nitrogens is 1. The molecule has 0 aliphatic carbocycles. The molecular weight excluding hydrogens is 462 g/mol. The van der Waals surface area contributed by atoms with Gasteiger partial charge in [0.2, 0.25) is 15.9 Å². The average Bonchev–Trinajstić information content (AvgIpc) is 3.48. The van der Waals surface area contributed by atoms with Crippen LogP contribution in [0.4, 0.5) is 5.69 Å². The van der Waals surface area contributed by atoms with E-state index in [1.807, 2.05) is 17.5 Å². The summed E-state index contributed by atoms with van der Waals surface area (Å²) in [5.74, 6) is 0.211. The van der Waals surface area contributed by atoms with E-state index in [1.165, 1.54) is 15.6 Å². The van der Waals surface area contributed by atoms with E-state index < -0.39 is 15.9 Å². The van der Waals surface area contributed by atoms with E-state index in [1.54, 1.807) is 50.5 Å². The maximum atomic E-state index is 13.5. The van der Waals surface area contributed by atoms with Gasteiger partial charge in [-0.15, -0.1) is 11.3 Å². The van der Waals surface area contributed by atoms with E-state index in [0.717, 1.165) is 4.88 Å². The number of methoxy groups -OCH3 is 1. The molecule has 3 aromatic rings. The highest BCUT2D eigenvalue weighted by molar-refractivity contribution is 7.89. The van der Waals surface area contributed by atoms with Gasteiger partial charge in [0, 0.05) is 23.7 Å². The molecule has 1 amide bonds. The number of piperidine rings is 1. The molecule has 0 radical (unpaired) electrons. The lowest BCUT2D eigenvalue weighted by Crippen LogP contribution is -2.43. The molecule has 3 heterocycles. The molecule has 0 saturated carbocycles. The maximum absolute atomic E-state index is 13.5. The van der Waals surface area contributed by atoms with Crippen molar-refractivity contribution < 1.29 is 22.5 Å². The summed E-state index contributed by atoms with van der Waals surface area (Å²) in [5, 5.41) is 8.69. The summed E-state index contributed by atoms with van der Waals surface area (Å²) >= 11 is 1.54. The molecule has 4 rings (SSSR count). The first-order valence-corrected chi connectivity index (χ1v) is 12.8. The maximum Gasteiger partial charge on any atom is 0.248 e. The molecule has 8 nitrogen and oxygen atoms in total. The van der Waals surface area contributed by atoms with Crippen LogP contribution in [-0.4, -0.2) is 44.0 Å². The summed E-state index contributed by atoms with van der Waals surface area (Å²) in [4.78, 5) is 13.9. The highest BCUT2D eigenvalue weighted by atomic mass is 32.2. The third kappa shape index (κ3) is 5.18. The van der Waals surface area contributed by atoms with Gasteiger partial charge in [-0.25, -0.2) is 8.42 Å². The number of hydrogen-bond acceptors (Lipinski definition) is 7. The van der Waals surface area contributed by atoms with E-state index in [2.05, 4.69) is 10.5 Å². The molecule has 1 aliphatic rings. The quantitative estimate of drug-likeness (QED) is 0.534. The van der Waals surface area contributed by atoms with Crippen molar-refractivity contribution in [2.75, 3.05) is 25.5 Å². The minimum absolute atomic E-state index is 0.0477. The molecule has 1 unspecified atom stereocenters. The average molecular weight is 488 g/mol. The van der Waals surface area contributed by atoms with E-state index in [9.17, 15) is 13.2 Å². The Morgan fingerprint density at radius 3 is 2.76 bits per heavy atom. The number of nitrogens with one attached hydrogen (secondary N) is 1. The summed E-state index contributed by atoms with van der Waals surface area (Å²) in [5.41, 5.74) is 0.933. The summed E-state index contributed by atoms with van der Waals surface area (Å²) < 4.78 is 38.8. The van der Waals surface area contributed by atoms with Crippen LogP contribution in [-0.2, 0) is 14.8 Å². The predicted molar refractivity (Wildman–Crippen MR) is 128 cm³/mol. The predicted octanol–water partition coefficient (Wildman–Crippen LogP) is 4.26. The minimum Gasteiger partial charge on any atom is -0.497 e. The first-order chi connectivity index (χ1) is 15.9. The van der Waals surface area contributed by atoms with Crippen LogP contribution in [0.15, 0.2) is 51.2 Å². The van der Waals surface area contributed by atoms with Crippen LogP contribution in [0.1, 0.15) is 29.2 Å². The van der Waals surface area contributed by atoms with Crippen molar-refractivity contribution in [2.24, 2.45) is 5.92 Å². The van der Waals surface area contributed by atoms with Gasteiger partial charge in [0.25, 0.3) is 0 Å². The zero-order valence-corrected chi connectivity index (χ0v) is 20.0. The number of ether oxygens (including phenoxy) is 1. The molecule has 1 fully saturated rings. The monoisotopic (exact) mass is 487 g/mol. The van der Waals surface area contributed by atoms with Crippen LogP contribution in [0.25, 0.3) is 12.2 Å². The number of hydrogen-bond donors (Lipinski definition) is 1. The van der Waals surface area contributed by atoms with Gasteiger partial charge in [-0.3, -0.25) is 4.79 Å². The number of anilines is 1. The minimum atomic E-state index is -3.89. The fraction of sp³-hybridized carbons (Fsp3) is 0.304. The molecule has 174 valence electrons. The molecule has 0 spiro atoms. The van der Waals surface area contributed by atoms with Crippen LogP contribution in [0.2, 0.25) is 0 Å². The van der Waals surface area contributed by atoms with Crippen LogP contribution < -0.4 is 10.1 Å². The molecule has 33 heavy (non-hydrogen) atoms. The molecule has 1 aromatic carbocycles. The third-order valence-electron chi connectivity index (χ3n) is 5.49. The van der Waals surface area contributed by atoms with E-state index in [-0.39, 0.29) is 23.1 Å². The summed E-state index contributed by atoms with van der Waals surface area (Å²) in [6, 6.07) is 10.9.